The predicted octanol–water partition coefficient (Wildman–Crippen LogP) is 4.58. The van der Waals surface area contributed by atoms with Gasteiger partial charge in [0.1, 0.15) is 17.9 Å². The van der Waals surface area contributed by atoms with E-state index < -0.39 is 8.32 Å². The SMILES string of the molecule is Cc1cccc(N2OC3C=C(O[Si](C)(C)C(C)(C)C)C2CC3)n1. The van der Waals surface area contributed by atoms with Gasteiger partial charge in [0.15, 0.2) is 5.82 Å². The molecule has 2 aliphatic heterocycles. The molecule has 2 atom stereocenters. The summed E-state index contributed by atoms with van der Waals surface area (Å²) in [6.45, 7) is 13.4. The highest BCUT2D eigenvalue weighted by molar-refractivity contribution is 6.74. The number of aryl methyl sites for hydroxylation is 1. The summed E-state index contributed by atoms with van der Waals surface area (Å²) in [5.41, 5.74) is 1.00. The Hall–Kier alpha value is -1.33. The molecule has 3 heterocycles. The van der Waals surface area contributed by atoms with Crippen molar-refractivity contribution in [2.45, 2.75) is 70.8 Å². The van der Waals surface area contributed by atoms with Crippen LogP contribution in [0.2, 0.25) is 18.1 Å². The van der Waals surface area contributed by atoms with E-state index in [1.807, 2.05) is 30.2 Å². The smallest absolute Gasteiger partial charge is 0.250 e. The van der Waals surface area contributed by atoms with Crippen LogP contribution in [0.25, 0.3) is 0 Å². The average molecular weight is 333 g/mol. The molecule has 2 bridgehead atoms. The maximum atomic E-state index is 6.61. The fourth-order valence-electron chi connectivity index (χ4n) is 2.79. The molecule has 5 heteroatoms. The molecule has 4 rings (SSSR count). The molecule has 1 aromatic rings. The van der Waals surface area contributed by atoms with E-state index in [2.05, 4.69) is 44.9 Å². The van der Waals surface area contributed by atoms with Gasteiger partial charge in [0, 0.05) is 5.69 Å². The van der Waals surface area contributed by atoms with Gasteiger partial charge in [-0.05, 0) is 56.1 Å². The molecular weight excluding hydrogens is 304 g/mol. The van der Waals surface area contributed by atoms with Crippen molar-refractivity contribution in [2.75, 3.05) is 5.06 Å². The number of nitrogens with zero attached hydrogens (tertiary/aromatic N) is 2. The number of anilines is 1. The number of pyridine rings is 1. The quantitative estimate of drug-likeness (QED) is 0.759. The minimum atomic E-state index is -1.84. The summed E-state index contributed by atoms with van der Waals surface area (Å²) in [6.07, 6.45) is 4.39. The van der Waals surface area contributed by atoms with Gasteiger partial charge in [-0.1, -0.05) is 26.8 Å². The van der Waals surface area contributed by atoms with Crippen molar-refractivity contribution in [2.24, 2.45) is 0 Å². The lowest BCUT2D eigenvalue weighted by molar-refractivity contribution is -0.0146. The molecule has 1 aliphatic carbocycles. The van der Waals surface area contributed by atoms with Crippen LogP contribution in [0.4, 0.5) is 5.82 Å². The number of aromatic nitrogens is 1. The lowest BCUT2D eigenvalue weighted by atomic mass is 9.96. The fraction of sp³-hybridized carbons (Fsp3) is 0.611. The maximum absolute atomic E-state index is 6.61. The van der Waals surface area contributed by atoms with Gasteiger partial charge in [-0.3, -0.25) is 4.84 Å². The molecule has 0 saturated carbocycles. The van der Waals surface area contributed by atoms with Gasteiger partial charge in [0.25, 0.3) is 0 Å². The Labute approximate surface area is 140 Å². The van der Waals surface area contributed by atoms with Crippen LogP contribution in [-0.4, -0.2) is 25.4 Å². The molecule has 126 valence electrons. The summed E-state index contributed by atoms with van der Waals surface area (Å²) >= 11 is 0. The zero-order chi connectivity index (χ0) is 16.8. The number of rotatable bonds is 3. The van der Waals surface area contributed by atoms with Crippen LogP contribution >= 0.6 is 0 Å². The van der Waals surface area contributed by atoms with Crippen LogP contribution in [0.1, 0.15) is 39.3 Å². The molecule has 2 unspecified atom stereocenters. The third-order valence-corrected chi connectivity index (χ3v) is 9.57. The molecule has 1 saturated heterocycles. The van der Waals surface area contributed by atoms with Crippen LogP contribution in [-0.2, 0) is 9.26 Å². The van der Waals surface area contributed by atoms with Crippen molar-refractivity contribution >= 4 is 14.1 Å². The van der Waals surface area contributed by atoms with Gasteiger partial charge < -0.3 is 4.43 Å². The van der Waals surface area contributed by atoms with Gasteiger partial charge in [-0.15, -0.1) is 0 Å². The molecule has 0 aromatic carbocycles. The highest BCUT2D eigenvalue weighted by Crippen LogP contribution is 2.42. The Morgan fingerprint density at radius 3 is 2.61 bits per heavy atom. The Kier molecular flexibility index (Phi) is 4.05. The number of hydrogen-bond acceptors (Lipinski definition) is 4. The largest absolute Gasteiger partial charge is 0.545 e. The van der Waals surface area contributed by atoms with Crippen LogP contribution in [0.15, 0.2) is 30.0 Å². The number of hydrogen-bond donors (Lipinski definition) is 0. The van der Waals surface area contributed by atoms with Gasteiger partial charge in [0.2, 0.25) is 8.32 Å². The molecule has 1 aromatic heterocycles. The third kappa shape index (κ3) is 3.17. The Bertz CT molecular complexity index is 622. The first kappa shape index (κ1) is 16.5. The topological polar surface area (TPSA) is 34.6 Å². The van der Waals surface area contributed by atoms with Crippen molar-refractivity contribution < 1.29 is 9.26 Å². The first-order valence-corrected chi connectivity index (χ1v) is 11.4. The van der Waals surface area contributed by atoms with Crippen LogP contribution in [0.5, 0.6) is 0 Å². The molecule has 3 aliphatic rings. The van der Waals surface area contributed by atoms with E-state index in [4.69, 9.17) is 9.26 Å². The molecular formula is C18H28N2O2Si. The van der Waals surface area contributed by atoms with E-state index >= 15 is 0 Å². The average Bonchev–Trinajstić information content (AvgIpc) is 2.46. The maximum Gasteiger partial charge on any atom is 0.250 e. The Morgan fingerprint density at radius 2 is 2.00 bits per heavy atom. The summed E-state index contributed by atoms with van der Waals surface area (Å²) in [6, 6.07) is 6.19. The Balaban J connectivity index is 1.86. The monoisotopic (exact) mass is 332 g/mol. The zero-order valence-corrected chi connectivity index (χ0v) is 16.1. The normalized spacial score (nSPS) is 24.6. The van der Waals surface area contributed by atoms with E-state index in [0.717, 1.165) is 30.1 Å². The summed E-state index contributed by atoms with van der Waals surface area (Å²) in [4.78, 5) is 10.7. The predicted molar refractivity (Wildman–Crippen MR) is 95.7 cm³/mol. The van der Waals surface area contributed by atoms with Gasteiger partial charge in [-0.2, -0.15) is 0 Å². The second kappa shape index (κ2) is 5.63. The first-order chi connectivity index (χ1) is 10.7. The molecule has 0 N–H and O–H groups in total. The van der Waals surface area contributed by atoms with E-state index in [1.54, 1.807) is 0 Å². The molecule has 23 heavy (non-hydrogen) atoms. The number of fused-ring (bicyclic) bond motifs is 2. The van der Waals surface area contributed by atoms with E-state index in [9.17, 15) is 0 Å². The summed E-state index contributed by atoms with van der Waals surface area (Å²) in [7, 11) is -1.84. The lowest BCUT2D eigenvalue weighted by Crippen LogP contribution is -2.52. The molecule has 4 nitrogen and oxygen atoms in total. The standard InChI is InChI=1S/C18H28N2O2Si/c1-13-8-7-9-17(19-13)20-15-11-10-14(21-20)12-16(15)22-23(5,6)18(2,3)4/h7-9,12,14-15H,10-11H2,1-6H3. The fourth-order valence-corrected chi connectivity index (χ4v) is 3.89. The summed E-state index contributed by atoms with van der Waals surface area (Å²) < 4.78 is 6.61. The van der Waals surface area contributed by atoms with E-state index in [0.29, 0.717) is 0 Å². The second-order valence-corrected chi connectivity index (χ2v) is 12.9. The summed E-state index contributed by atoms with van der Waals surface area (Å²) in [5.74, 6) is 1.96. The van der Waals surface area contributed by atoms with Gasteiger partial charge in [0.05, 0.1) is 0 Å². The van der Waals surface area contributed by atoms with Crippen molar-refractivity contribution in [3.05, 3.63) is 35.7 Å². The molecule has 0 radical (unpaired) electrons. The highest BCUT2D eigenvalue weighted by atomic mass is 28.4. The zero-order valence-electron chi connectivity index (χ0n) is 15.1. The third-order valence-electron chi connectivity index (χ3n) is 5.21. The molecule has 0 amide bonds. The van der Waals surface area contributed by atoms with Crippen molar-refractivity contribution in [3.63, 3.8) is 0 Å². The van der Waals surface area contributed by atoms with Gasteiger partial charge >= 0.3 is 0 Å². The van der Waals surface area contributed by atoms with Crippen molar-refractivity contribution in [1.29, 1.82) is 0 Å². The van der Waals surface area contributed by atoms with Crippen LogP contribution < -0.4 is 5.06 Å². The summed E-state index contributed by atoms with van der Waals surface area (Å²) in [5, 5.41) is 2.15. The van der Waals surface area contributed by atoms with Crippen LogP contribution in [0, 0.1) is 6.92 Å². The Morgan fingerprint density at radius 1 is 1.26 bits per heavy atom. The van der Waals surface area contributed by atoms with Gasteiger partial charge in [-0.25, -0.2) is 10.0 Å². The van der Waals surface area contributed by atoms with Crippen LogP contribution in [0.3, 0.4) is 0 Å². The molecule has 0 spiro atoms. The van der Waals surface area contributed by atoms with E-state index in [-0.39, 0.29) is 17.2 Å². The molecule has 1 fully saturated rings. The minimum Gasteiger partial charge on any atom is -0.545 e. The van der Waals surface area contributed by atoms with Crippen molar-refractivity contribution in [1.82, 2.24) is 4.98 Å². The highest BCUT2D eigenvalue weighted by Gasteiger charge is 2.44. The number of hydroxylamine groups is 1. The van der Waals surface area contributed by atoms with E-state index in [1.165, 1.54) is 0 Å². The lowest BCUT2D eigenvalue weighted by Gasteiger charge is -2.47. The second-order valence-electron chi connectivity index (χ2n) is 8.13. The van der Waals surface area contributed by atoms with Crippen molar-refractivity contribution in [3.8, 4) is 0 Å². The first-order valence-electron chi connectivity index (χ1n) is 8.48. The minimum absolute atomic E-state index is 0.0991.